The van der Waals surface area contributed by atoms with Crippen molar-refractivity contribution in [2.24, 2.45) is 0 Å². The van der Waals surface area contributed by atoms with Gasteiger partial charge in [0.25, 0.3) is 10.0 Å². The number of halogens is 3. The summed E-state index contributed by atoms with van der Waals surface area (Å²) >= 11 is 0.960. The molecule has 0 radical (unpaired) electrons. The second-order valence-electron chi connectivity index (χ2n) is 13.0. The molecule has 3 atom stereocenters. The summed E-state index contributed by atoms with van der Waals surface area (Å²) in [5, 5.41) is 1.05. The minimum atomic E-state index is -5.14. The molecule has 2 saturated heterocycles. The van der Waals surface area contributed by atoms with Gasteiger partial charge in [-0.25, -0.2) is 28.0 Å². The van der Waals surface area contributed by atoms with E-state index in [1.54, 1.807) is 0 Å². The molecule has 1 saturated carbocycles. The number of hydrogen-bond donors (Lipinski definition) is 2. The van der Waals surface area contributed by atoms with E-state index in [4.69, 9.17) is 19.9 Å². The maximum Gasteiger partial charge on any atom is 0.573 e. The average Bonchev–Trinajstić information content (AvgIpc) is 3.87. The van der Waals surface area contributed by atoms with Crippen molar-refractivity contribution < 1.29 is 54.9 Å². The molecule has 1 aromatic carbocycles. The number of anilines is 2. The summed E-state index contributed by atoms with van der Waals surface area (Å²) in [7, 11) is -4.23. The van der Waals surface area contributed by atoms with Gasteiger partial charge in [0.2, 0.25) is 12.2 Å². The maximum absolute atomic E-state index is 13.9. The molecular weight excluding hydrogens is 746 g/mol. The summed E-state index contributed by atoms with van der Waals surface area (Å²) < 4.78 is 90.1. The Bertz CT molecular complexity index is 1930. The number of amides is 1. The van der Waals surface area contributed by atoms with Crippen LogP contribution in [0.3, 0.4) is 0 Å². The predicted molar refractivity (Wildman–Crippen MR) is 184 cm³/mol. The van der Waals surface area contributed by atoms with Gasteiger partial charge in [0.05, 0.1) is 6.20 Å². The Labute approximate surface area is 307 Å². The lowest BCUT2D eigenvalue weighted by atomic mass is 9.98. The number of aromatic nitrogens is 2. The lowest BCUT2D eigenvalue weighted by molar-refractivity contribution is -0.274. The van der Waals surface area contributed by atoms with Crippen molar-refractivity contribution in [3.05, 3.63) is 36.2 Å². The molecule has 3 N–H and O–H groups in total. The molecule has 2 aliphatic heterocycles. The van der Waals surface area contributed by atoms with E-state index in [0.29, 0.717) is 23.4 Å². The highest BCUT2D eigenvalue weighted by Gasteiger charge is 2.43. The fourth-order valence-electron chi connectivity index (χ4n) is 6.72. The molecule has 3 aromatic rings. The zero-order valence-electron chi connectivity index (χ0n) is 28.7. The Balaban J connectivity index is 1.24. The summed E-state index contributed by atoms with van der Waals surface area (Å²) in [5.74, 6) is -2.73. The third-order valence-electron chi connectivity index (χ3n) is 9.27. The SMILES string of the molecule is C[C@@H](OC(=O)OC1CCCCC1)OC(=O)C(Cc1cc2ccnc(N)c2cc1OC(F)(F)F)N1CC[C@H](NS(=O)(=O)c2cnc(N3CCCC3)s2)C1=O. The number of nitrogens with zero attached hydrogens (tertiary/aromatic N) is 4. The molecular formula is C33H39F3N6O9S2. The Hall–Kier alpha value is -4.43. The number of alkyl halides is 3. The minimum absolute atomic E-state index is 0.0681. The number of ether oxygens (including phenoxy) is 4. The fourth-order valence-corrected chi connectivity index (χ4v) is 9.13. The van der Waals surface area contributed by atoms with Crippen molar-refractivity contribution in [3.63, 3.8) is 0 Å². The number of esters is 1. The van der Waals surface area contributed by atoms with Crippen molar-refractivity contribution in [1.29, 1.82) is 0 Å². The van der Waals surface area contributed by atoms with Crippen LogP contribution in [0.1, 0.15) is 63.9 Å². The highest BCUT2D eigenvalue weighted by Crippen LogP contribution is 2.35. The number of benzene rings is 1. The van der Waals surface area contributed by atoms with Crippen LogP contribution >= 0.6 is 11.3 Å². The van der Waals surface area contributed by atoms with E-state index in [2.05, 4.69) is 19.4 Å². The van der Waals surface area contributed by atoms with Gasteiger partial charge in [0.15, 0.2) is 9.34 Å². The zero-order valence-corrected chi connectivity index (χ0v) is 30.3. The summed E-state index contributed by atoms with van der Waals surface area (Å²) in [6, 6.07) is 0.909. The molecule has 2 aromatic heterocycles. The third kappa shape index (κ3) is 9.39. The second kappa shape index (κ2) is 15.9. The minimum Gasteiger partial charge on any atom is -0.431 e. The van der Waals surface area contributed by atoms with Gasteiger partial charge in [-0.3, -0.25) is 4.79 Å². The number of pyridine rings is 1. The number of thiazole rings is 1. The highest BCUT2D eigenvalue weighted by molar-refractivity contribution is 7.91. The lowest BCUT2D eigenvalue weighted by Gasteiger charge is -2.29. The molecule has 1 amide bonds. The number of nitrogens with one attached hydrogen (secondary N) is 1. The summed E-state index contributed by atoms with van der Waals surface area (Å²) in [5.41, 5.74) is 5.76. The molecule has 3 fully saturated rings. The normalized spacial score (nSPS) is 19.7. The molecule has 6 rings (SSSR count). The van der Waals surface area contributed by atoms with Crippen LogP contribution in [0.25, 0.3) is 10.8 Å². The van der Waals surface area contributed by atoms with Crippen molar-refractivity contribution in [1.82, 2.24) is 19.6 Å². The van der Waals surface area contributed by atoms with Gasteiger partial charge in [-0.1, -0.05) is 17.8 Å². The largest absolute Gasteiger partial charge is 0.573 e. The van der Waals surface area contributed by atoms with Gasteiger partial charge < -0.3 is 34.5 Å². The molecule has 15 nitrogen and oxygen atoms in total. The van der Waals surface area contributed by atoms with Gasteiger partial charge in [-0.05, 0) is 74.1 Å². The molecule has 4 heterocycles. The first-order valence-corrected chi connectivity index (χ1v) is 19.5. The Kier molecular flexibility index (Phi) is 11.5. The van der Waals surface area contributed by atoms with Gasteiger partial charge >= 0.3 is 18.5 Å². The number of carbonyl (C=O) groups is 3. The average molecular weight is 785 g/mol. The van der Waals surface area contributed by atoms with E-state index in [0.717, 1.165) is 67.5 Å². The van der Waals surface area contributed by atoms with Gasteiger partial charge in [-0.15, -0.1) is 13.2 Å². The van der Waals surface area contributed by atoms with E-state index < -0.39 is 65.0 Å². The quantitative estimate of drug-likeness (QED) is 0.191. The highest BCUT2D eigenvalue weighted by atomic mass is 32.2. The van der Waals surface area contributed by atoms with Crippen LogP contribution in [0.5, 0.6) is 5.75 Å². The molecule has 1 unspecified atom stereocenters. The van der Waals surface area contributed by atoms with Crippen molar-refractivity contribution in [3.8, 4) is 5.75 Å². The van der Waals surface area contributed by atoms with E-state index in [9.17, 15) is 36.0 Å². The first kappa shape index (κ1) is 38.3. The van der Waals surface area contributed by atoms with Crippen LogP contribution in [0, 0.1) is 0 Å². The van der Waals surface area contributed by atoms with Crippen LogP contribution in [0.2, 0.25) is 0 Å². The van der Waals surface area contributed by atoms with Crippen LogP contribution in [-0.4, -0.2) is 91.8 Å². The number of nitrogens with two attached hydrogens (primary N) is 1. The molecule has 1 aliphatic carbocycles. The molecule has 288 valence electrons. The lowest BCUT2D eigenvalue weighted by Crippen LogP contribution is -2.49. The Morgan fingerprint density at radius 3 is 2.51 bits per heavy atom. The third-order valence-corrected chi connectivity index (χ3v) is 12.3. The molecule has 20 heteroatoms. The Morgan fingerprint density at radius 2 is 1.79 bits per heavy atom. The first-order chi connectivity index (χ1) is 25.2. The second-order valence-corrected chi connectivity index (χ2v) is 16.0. The molecule has 0 spiro atoms. The summed E-state index contributed by atoms with van der Waals surface area (Å²) in [6.07, 6.45) is -0.156. The van der Waals surface area contributed by atoms with Crippen LogP contribution < -0.4 is 20.1 Å². The van der Waals surface area contributed by atoms with Crippen molar-refractivity contribution in [2.75, 3.05) is 30.3 Å². The topological polar surface area (TPSA) is 193 Å². The number of hydrogen-bond acceptors (Lipinski definition) is 14. The molecule has 3 aliphatic rings. The number of carbonyl (C=O) groups excluding carboxylic acids is 3. The van der Waals surface area contributed by atoms with Gasteiger partial charge in [0, 0.05) is 44.6 Å². The fraction of sp³-hybridized carbons (Fsp3) is 0.545. The van der Waals surface area contributed by atoms with Crippen molar-refractivity contribution >= 4 is 61.1 Å². The van der Waals surface area contributed by atoms with Gasteiger partial charge in [-0.2, -0.15) is 4.72 Å². The smallest absolute Gasteiger partial charge is 0.431 e. The number of likely N-dealkylation sites (tertiary alicyclic amines) is 1. The van der Waals surface area contributed by atoms with Crippen LogP contribution in [0.15, 0.2) is 34.8 Å². The number of nitrogen functional groups attached to an aromatic ring is 1. The van der Waals surface area contributed by atoms with Crippen LogP contribution in [-0.2, 0) is 40.2 Å². The number of rotatable bonds is 12. The zero-order chi connectivity index (χ0) is 37.9. The standard InChI is InChI=1S/C33H39F3N6O9S2/c1-19(49-32(45)50-22-7-3-2-4-8-22)48-30(44)25(16-21-15-20-9-11-38-28(37)23(20)17-26(21)51-33(34,35)36)42-14-10-24(29(42)43)40-53(46,47)27-18-39-31(52-27)41-12-5-6-13-41/h9,11,15,17-19,22,24-25,40H,2-8,10,12-14,16H2,1H3,(H2,37,38)/t19-,24+,25?/m1/s1. The van der Waals surface area contributed by atoms with E-state index >= 15 is 0 Å². The predicted octanol–water partition coefficient (Wildman–Crippen LogP) is 4.64. The van der Waals surface area contributed by atoms with E-state index in [1.165, 1.54) is 31.5 Å². The van der Waals surface area contributed by atoms with Crippen molar-refractivity contribution in [2.45, 2.75) is 99.8 Å². The van der Waals surface area contributed by atoms with E-state index in [1.807, 2.05) is 4.90 Å². The monoisotopic (exact) mass is 784 g/mol. The van der Waals surface area contributed by atoms with Crippen LogP contribution in [0.4, 0.5) is 28.9 Å². The molecule has 53 heavy (non-hydrogen) atoms. The number of fused-ring (bicyclic) bond motifs is 1. The summed E-state index contributed by atoms with van der Waals surface area (Å²) in [6.45, 7) is 2.56. The summed E-state index contributed by atoms with van der Waals surface area (Å²) in [4.78, 5) is 51.3. The Morgan fingerprint density at radius 1 is 1.06 bits per heavy atom. The first-order valence-electron chi connectivity index (χ1n) is 17.2. The maximum atomic E-state index is 13.9. The molecule has 0 bridgehead atoms. The van der Waals surface area contributed by atoms with E-state index in [-0.39, 0.29) is 40.0 Å². The van der Waals surface area contributed by atoms with Gasteiger partial charge in [0.1, 0.15) is 29.8 Å². The number of sulfonamides is 1.